The molecule has 0 aliphatic heterocycles. The summed E-state index contributed by atoms with van der Waals surface area (Å²) in [6, 6.07) is 0. The maximum atomic E-state index is 7.30. The maximum absolute atomic E-state index is 7.30. The second-order valence-electron chi connectivity index (χ2n) is 3.77. The first-order valence-electron chi connectivity index (χ1n) is 5.53. The number of rotatable bonds is 8. The van der Waals surface area contributed by atoms with Gasteiger partial charge in [-0.1, -0.05) is 13.8 Å². The van der Waals surface area contributed by atoms with Gasteiger partial charge in [0, 0.05) is 11.8 Å². The van der Waals surface area contributed by atoms with Crippen molar-refractivity contribution in [3.8, 4) is 0 Å². The zero-order chi connectivity index (χ0) is 12.6. The fraction of sp³-hybridized carbons (Fsp3) is 0.800. The van der Waals surface area contributed by atoms with Crippen molar-refractivity contribution >= 4 is 11.7 Å². The van der Waals surface area contributed by atoms with Crippen LogP contribution in [0.5, 0.6) is 0 Å². The van der Waals surface area contributed by atoms with Gasteiger partial charge in [-0.15, -0.1) is 0 Å². The molecule has 0 radical (unpaired) electrons. The molecule has 0 bridgehead atoms. The van der Waals surface area contributed by atoms with E-state index >= 15 is 0 Å². The van der Waals surface area contributed by atoms with E-state index in [1.807, 2.05) is 13.8 Å². The third-order valence-electron chi connectivity index (χ3n) is 2.57. The van der Waals surface area contributed by atoms with Crippen molar-refractivity contribution < 1.29 is 0 Å². The van der Waals surface area contributed by atoms with E-state index in [1.165, 1.54) is 0 Å². The predicted octanol–water partition coefficient (Wildman–Crippen LogP) is 1.36. The molecular formula is C10H22N6. The normalized spacial score (nSPS) is 14.9. The van der Waals surface area contributed by atoms with E-state index in [0.717, 1.165) is 12.8 Å². The molecule has 16 heavy (non-hydrogen) atoms. The summed E-state index contributed by atoms with van der Waals surface area (Å²) < 4.78 is 0. The molecule has 0 aliphatic rings. The van der Waals surface area contributed by atoms with Crippen LogP contribution in [0.4, 0.5) is 0 Å². The molecule has 0 fully saturated rings. The molecular weight excluding hydrogens is 204 g/mol. The Morgan fingerprint density at radius 2 is 1.25 bits per heavy atom. The highest BCUT2D eigenvalue weighted by Crippen LogP contribution is 2.05. The van der Waals surface area contributed by atoms with Crippen LogP contribution in [0.1, 0.15) is 26.7 Å². The highest BCUT2D eigenvalue weighted by molar-refractivity contribution is 5.80. The fourth-order valence-electron chi connectivity index (χ4n) is 1.21. The molecule has 6 nitrogen and oxygen atoms in total. The zero-order valence-electron chi connectivity index (χ0n) is 10.0. The topological polar surface area (TPSA) is 124 Å². The van der Waals surface area contributed by atoms with Crippen molar-refractivity contribution in [3.63, 3.8) is 0 Å². The Balaban J connectivity index is 4.01. The number of azo groups is 1. The molecule has 2 unspecified atom stereocenters. The van der Waals surface area contributed by atoms with Crippen LogP contribution in [0.2, 0.25) is 0 Å². The predicted molar refractivity (Wildman–Crippen MR) is 66.0 cm³/mol. The Kier molecular flexibility index (Phi) is 7.07. The highest BCUT2D eigenvalue weighted by Gasteiger charge is 2.10. The van der Waals surface area contributed by atoms with Crippen molar-refractivity contribution in [2.75, 3.05) is 13.1 Å². The van der Waals surface area contributed by atoms with Gasteiger partial charge >= 0.3 is 0 Å². The molecule has 0 aromatic carbocycles. The van der Waals surface area contributed by atoms with Crippen LogP contribution in [0.15, 0.2) is 10.2 Å². The molecule has 0 amide bonds. The largest absolute Gasteiger partial charge is 0.387 e. The first kappa shape index (κ1) is 14.5. The Bertz CT molecular complexity index is 234. The molecule has 0 spiro atoms. The van der Waals surface area contributed by atoms with Gasteiger partial charge in [0.1, 0.15) is 0 Å². The number of amidine groups is 2. The van der Waals surface area contributed by atoms with E-state index < -0.39 is 0 Å². The van der Waals surface area contributed by atoms with Crippen molar-refractivity contribution in [1.29, 1.82) is 10.8 Å². The van der Waals surface area contributed by atoms with Gasteiger partial charge in [0.2, 0.25) is 0 Å². The van der Waals surface area contributed by atoms with Crippen molar-refractivity contribution in [2.45, 2.75) is 26.7 Å². The monoisotopic (exact) mass is 226 g/mol. The molecule has 92 valence electrons. The van der Waals surface area contributed by atoms with Crippen LogP contribution in [0, 0.1) is 22.7 Å². The van der Waals surface area contributed by atoms with Gasteiger partial charge in [-0.25, -0.2) is 0 Å². The van der Waals surface area contributed by atoms with Crippen LogP contribution >= 0.6 is 0 Å². The van der Waals surface area contributed by atoms with Crippen LogP contribution in [0.25, 0.3) is 0 Å². The number of nitrogens with zero attached hydrogens (tertiary/aromatic N) is 2. The number of hydrogen-bond acceptors (Lipinski definition) is 4. The third kappa shape index (κ3) is 5.43. The molecule has 2 atom stereocenters. The first-order valence-corrected chi connectivity index (χ1v) is 5.53. The molecule has 0 saturated carbocycles. The molecule has 0 aromatic rings. The number of hydrogen-bond donors (Lipinski definition) is 4. The summed E-state index contributed by atoms with van der Waals surface area (Å²) in [6.45, 7) is 4.82. The summed E-state index contributed by atoms with van der Waals surface area (Å²) >= 11 is 0. The van der Waals surface area contributed by atoms with E-state index in [-0.39, 0.29) is 23.5 Å². The minimum atomic E-state index is -0.0267. The fourth-order valence-corrected chi connectivity index (χ4v) is 1.21. The summed E-state index contributed by atoms with van der Waals surface area (Å²) in [5.74, 6) is 0.252. The molecule has 0 heterocycles. The van der Waals surface area contributed by atoms with Gasteiger partial charge in [-0.2, -0.15) is 10.2 Å². The zero-order valence-corrected chi connectivity index (χ0v) is 10.0. The average molecular weight is 226 g/mol. The lowest BCUT2D eigenvalue weighted by atomic mass is 10.1. The minimum absolute atomic E-state index is 0.0267. The molecule has 6 N–H and O–H groups in total. The standard InChI is InChI=1S/C10H22N6/c1-3-7(9(11)12)5-15-16-6-8(4-2)10(13)14/h7-8H,3-6H2,1-2H3,(H3,11,12)(H3,13,14). The third-order valence-corrected chi connectivity index (χ3v) is 2.57. The Morgan fingerprint density at radius 3 is 1.44 bits per heavy atom. The van der Waals surface area contributed by atoms with Crippen molar-refractivity contribution in [1.82, 2.24) is 0 Å². The van der Waals surface area contributed by atoms with Gasteiger partial charge < -0.3 is 11.5 Å². The van der Waals surface area contributed by atoms with Crippen molar-refractivity contribution in [3.05, 3.63) is 0 Å². The molecule has 0 saturated heterocycles. The van der Waals surface area contributed by atoms with E-state index in [4.69, 9.17) is 22.3 Å². The summed E-state index contributed by atoms with van der Waals surface area (Å²) in [5, 5.41) is 22.6. The van der Waals surface area contributed by atoms with Gasteiger partial charge in [-0.3, -0.25) is 10.8 Å². The van der Waals surface area contributed by atoms with Crippen molar-refractivity contribution in [2.24, 2.45) is 33.5 Å². The molecule has 0 aromatic heterocycles. The van der Waals surface area contributed by atoms with Gasteiger partial charge in [-0.05, 0) is 12.8 Å². The van der Waals surface area contributed by atoms with E-state index in [0.29, 0.717) is 13.1 Å². The SMILES string of the molecule is CCC(CN=NCC(CC)C(=N)N)C(=N)N. The maximum Gasteiger partial charge on any atom is 0.0956 e. The Morgan fingerprint density at radius 1 is 0.938 bits per heavy atom. The second kappa shape index (κ2) is 7.78. The van der Waals surface area contributed by atoms with Gasteiger partial charge in [0.25, 0.3) is 0 Å². The lowest BCUT2D eigenvalue weighted by Crippen LogP contribution is -2.25. The minimum Gasteiger partial charge on any atom is -0.387 e. The summed E-state index contributed by atoms with van der Waals surface area (Å²) in [6.07, 6.45) is 1.58. The van der Waals surface area contributed by atoms with E-state index in [1.54, 1.807) is 0 Å². The quantitative estimate of drug-likeness (QED) is 0.283. The molecule has 0 aliphatic carbocycles. The summed E-state index contributed by atoms with van der Waals surface area (Å²) in [4.78, 5) is 0. The Labute approximate surface area is 96.5 Å². The van der Waals surface area contributed by atoms with Crippen LogP contribution < -0.4 is 11.5 Å². The molecule has 0 rings (SSSR count). The Hall–Kier alpha value is -1.46. The lowest BCUT2D eigenvalue weighted by Gasteiger charge is -2.10. The molecule has 6 heteroatoms. The number of nitrogens with one attached hydrogen (secondary N) is 2. The van der Waals surface area contributed by atoms with Gasteiger partial charge in [0.15, 0.2) is 0 Å². The van der Waals surface area contributed by atoms with Crippen LogP contribution in [-0.2, 0) is 0 Å². The lowest BCUT2D eigenvalue weighted by molar-refractivity contribution is 0.607. The van der Waals surface area contributed by atoms with Gasteiger partial charge in [0.05, 0.1) is 24.8 Å². The average Bonchev–Trinajstić information content (AvgIpc) is 2.22. The van der Waals surface area contributed by atoms with E-state index in [2.05, 4.69) is 10.2 Å². The first-order chi connectivity index (χ1) is 7.52. The highest BCUT2D eigenvalue weighted by atomic mass is 15.1. The van der Waals surface area contributed by atoms with E-state index in [9.17, 15) is 0 Å². The van der Waals surface area contributed by atoms with Crippen LogP contribution in [0.3, 0.4) is 0 Å². The number of nitrogens with two attached hydrogens (primary N) is 2. The summed E-state index contributed by atoms with van der Waals surface area (Å²) in [5.41, 5.74) is 10.8. The van der Waals surface area contributed by atoms with Crippen LogP contribution in [-0.4, -0.2) is 24.8 Å². The smallest absolute Gasteiger partial charge is 0.0956 e. The second-order valence-corrected chi connectivity index (χ2v) is 3.77. The summed E-state index contributed by atoms with van der Waals surface area (Å²) in [7, 11) is 0.